The third-order valence-electron chi connectivity index (χ3n) is 2.98. The lowest BCUT2D eigenvalue weighted by Crippen LogP contribution is -1.96. The highest BCUT2D eigenvalue weighted by atomic mass is 19.1. The van der Waals surface area contributed by atoms with Crippen LogP contribution in [0.25, 0.3) is 5.57 Å². The lowest BCUT2D eigenvalue weighted by molar-refractivity contribution is -0.114. The second-order valence-electron chi connectivity index (χ2n) is 4.16. The summed E-state index contributed by atoms with van der Waals surface area (Å²) >= 11 is 0. The van der Waals surface area contributed by atoms with Gasteiger partial charge in [0.15, 0.2) is 17.3 Å². The van der Waals surface area contributed by atoms with Crippen molar-refractivity contribution in [1.82, 2.24) is 0 Å². The Labute approximate surface area is 100 Å². The highest BCUT2D eigenvalue weighted by molar-refractivity contribution is 5.97. The number of hydrogen-bond donors (Lipinski definition) is 0. The average molecular weight is 234 g/mol. The summed E-state index contributed by atoms with van der Waals surface area (Å²) < 4.78 is 19.0. The van der Waals surface area contributed by atoms with Crippen LogP contribution in [0.1, 0.15) is 31.2 Å². The van der Waals surface area contributed by atoms with E-state index in [2.05, 4.69) is 0 Å². The highest BCUT2D eigenvalue weighted by Gasteiger charge is 2.15. The van der Waals surface area contributed by atoms with Gasteiger partial charge in [-0.1, -0.05) is 12.1 Å². The fourth-order valence-corrected chi connectivity index (χ4v) is 2.08. The van der Waals surface area contributed by atoms with Gasteiger partial charge in [0, 0.05) is 12.0 Å². The van der Waals surface area contributed by atoms with Crippen LogP contribution in [0.15, 0.2) is 24.3 Å². The molecular weight excluding hydrogens is 219 g/mol. The maximum atomic E-state index is 14.0. The van der Waals surface area contributed by atoms with Crippen LogP contribution < -0.4 is 4.74 Å². The number of rotatable bonds is 2. The van der Waals surface area contributed by atoms with Gasteiger partial charge >= 0.3 is 0 Å². The van der Waals surface area contributed by atoms with Gasteiger partial charge in [-0.15, -0.1) is 0 Å². The lowest BCUT2D eigenvalue weighted by Gasteiger charge is -2.09. The van der Waals surface area contributed by atoms with Crippen molar-refractivity contribution >= 4 is 11.4 Å². The first-order valence-electron chi connectivity index (χ1n) is 5.78. The Kier molecular flexibility index (Phi) is 3.57. The van der Waals surface area contributed by atoms with Crippen molar-refractivity contribution in [3.05, 3.63) is 35.7 Å². The van der Waals surface area contributed by atoms with Crippen molar-refractivity contribution in [1.29, 1.82) is 0 Å². The number of methoxy groups -OCH3 is 1. The molecule has 0 spiro atoms. The van der Waals surface area contributed by atoms with E-state index in [9.17, 15) is 9.18 Å². The molecule has 1 aromatic rings. The van der Waals surface area contributed by atoms with Gasteiger partial charge in [-0.05, 0) is 37.0 Å². The fraction of sp³-hybridized carbons (Fsp3) is 0.357. The molecule has 0 aliphatic heterocycles. The van der Waals surface area contributed by atoms with E-state index in [0.717, 1.165) is 24.8 Å². The summed E-state index contributed by atoms with van der Waals surface area (Å²) in [5, 5.41) is 0. The molecular formula is C14H15FO2. The summed E-state index contributed by atoms with van der Waals surface area (Å²) in [5.74, 6) is -0.0734. The molecule has 2 nitrogen and oxygen atoms in total. The monoisotopic (exact) mass is 234 g/mol. The Morgan fingerprint density at radius 1 is 1.24 bits per heavy atom. The zero-order valence-corrected chi connectivity index (χ0v) is 9.83. The molecule has 0 unspecified atom stereocenters. The van der Waals surface area contributed by atoms with Crippen LogP contribution in [-0.4, -0.2) is 12.9 Å². The minimum atomic E-state index is -0.379. The standard InChI is InChI=1S/C14H15FO2/c1-17-13-8-4-7-12(14(13)15)10-5-2-3-6-11(16)9-10/h4,7-9H,2-3,5-6H2,1H3. The average Bonchev–Trinajstić information content (AvgIpc) is 2.54. The minimum absolute atomic E-state index is 0.0831. The van der Waals surface area contributed by atoms with E-state index in [-0.39, 0.29) is 17.3 Å². The van der Waals surface area contributed by atoms with E-state index in [4.69, 9.17) is 4.74 Å². The second-order valence-corrected chi connectivity index (χ2v) is 4.16. The predicted octanol–water partition coefficient (Wildman–Crippen LogP) is 3.36. The molecule has 0 amide bonds. The van der Waals surface area contributed by atoms with Crippen molar-refractivity contribution in [2.45, 2.75) is 25.7 Å². The summed E-state index contributed by atoms with van der Waals surface area (Å²) in [7, 11) is 1.44. The molecule has 0 bridgehead atoms. The maximum absolute atomic E-state index is 14.0. The number of carbonyl (C=O) groups excluding carboxylic acids is 1. The number of allylic oxidation sites excluding steroid dienone is 2. The Balaban J connectivity index is 2.42. The van der Waals surface area contributed by atoms with Gasteiger partial charge < -0.3 is 4.74 Å². The van der Waals surface area contributed by atoms with Crippen LogP contribution in [0, 0.1) is 5.82 Å². The lowest BCUT2D eigenvalue weighted by atomic mass is 10.0. The van der Waals surface area contributed by atoms with Gasteiger partial charge in [0.2, 0.25) is 0 Å². The summed E-state index contributed by atoms with van der Waals surface area (Å²) in [6.45, 7) is 0. The van der Waals surface area contributed by atoms with Crippen molar-refractivity contribution in [2.75, 3.05) is 7.11 Å². The quantitative estimate of drug-likeness (QED) is 0.784. The minimum Gasteiger partial charge on any atom is -0.494 e. The first-order chi connectivity index (χ1) is 8.22. The summed E-state index contributed by atoms with van der Waals surface area (Å²) in [6, 6.07) is 5.02. The summed E-state index contributed by atoms with van der Waals surface area (Å²) in [5.41, 5.74) is 1.27. The highest BCUT2D eigenvalue weighted by Crippen LogP contribution is 2.30. The number of benzene rings is 1. The molecule has 2 rings (SSSR count). The van der Waals surface area contributed by atoms with Gasteiger partial charge in [-0.3, -0.25) is 4.79 Å². The molecule has 90 valence electrons. The number of hydrogen-bond acceptors (Lipinski definition) is 2. The van der Waals surface area contributed by atoms with Gasteiger partial charge in [0.25, 0.3) is 0 Å². The van der Waals surface area contributed by atoms with Gasteiger partial charge in [-0.25, -0.2) is 4.39 Å². The van der Waals surface area contributed by atoms with Crippen molar-refractivity contribution < 1.29 is 13.9 Å². The molecule has 0 saturated heterocycles. The molecule has 0 saturated carbocycles. The van der Waals surface area contributed by atoms with E-state index in [0.29, 0.717) is 12.0 Å². The number of carbonyl (C=O) groups is 1. The molecule has 0 N–H and O–H groups in total. The molecule has 0 aromatic heterocycles. The second kappa shape index (κ2) is 5.13. The number of halogens is 1. The maximum Gasteiger partial charge on any atom is 0.172 e. The van der Waals surface area contributed by atoms with E-state index >= 15 is 0 Å². The van der Waals surface area contributed by atoms with Crippen LogP contribution >= 0.6 is 0 Å². The topological polar surface area (TPSA) is 26.3 Å². The number of ether oxygens (including phenoxy) is 1. The molecule has 0 heterocycles. The molecule has 17 heavy (non-hydrogen) atoms. The fourth-order valence-electron chi connectivity index (χ4n) is 2.08. The Hall–Kier alpha value is -1.64. The van der Waals surface area contributed by atoms with Crippen molar-refractivity contribution in [3.63, 3.8) is 0 Å². The molecule has 1 aliphatic carbocycles. The normalized spacial score (nSPS) is 16.4. The van der Waals surface area contributed by atoms with Crippen molar-refractivity contribution in [2.24, 2.45) is 0 Å². The molecule has 0 atom stereocenters. The smallest absolute Gasteiger partial charge is 0.172 e. The van der Waals surface area contributed by atoms with Crippen LogP contribution in [0.5, 0.6) is 5.75 Å². The van der Waals surface area contributed by atoms with Crippen LogP contribution in [0.3, 0.4) is 0 Å². The van der Waals surface area contributed by atoms with Gasteiger partial charge in [-0.2, -0.15) is 0 Å². The molecule has 1 aliphatic rings. The first-order valence-corrected chi connectivity index (χ1v) is 5.78. The summed E-state index contributed by atoms with van der Waals surface area (Å²) in [6.07, 6.45) is 4.69. The Bertz CT molecular complexity index is 463. The van der Waals surface area contributed by atoms with Gasteiger partial charge in [0.1, 0.15) is 0 Å². The van der Waals surface area contributed by atoms with Crippen LogP contribution in [0.2, 0.25) is 0 Å². The van der Waals surface area contributed by atoms with Crippen LogP contribution in [0.4, 0.5) is 4.39 Å². The van der Waals surface area contributed by atoms with E-state index < -0.39 is 0 Å². The summed E-state index contributed by atoms with van der Waals surface area (Å²) in [4.78, 5) is 11.5. The zero-order chi connectivity index (χ0) is 12.3. The van der Waals surface area contributed by atoms with Crippen LogP contribution in [-0.2, 0) is 4.79 Å². The SMILES string of the molecule is COc1cccc(C2=CC(=O)CCCC2)c1F. The molecule has 0 fully saturated rings. The molecule has 1 aromatic carbocycles. The largest absolute Gasteiger partial charge is 0.494 e. The third-order valence-corrected chi connectivity index (χ3v) is 2.98. The van der Waals surface area contributed by atoms with Crippen molar-refractivity contribution in [3.8, 4) is 5.75 Å². The Morgan fingerprint density at radius 2 is 2.00 bits per heavy atom. The van der Waals surface area contributed by atoms with Gasteiger partial charge in [0.05, 0.1) is 7.11 Å². The zero-order valence-electron chi connectivity index (χ0n) is 9.83. The molecule has 3 heteroatoms. The molecule has 0 radical (unpaired) electrons. The number of ketones is 1. The predicted molar refractivity (Wildman–Crippen MR) is 64.4 cm³/mol. The third kappa shape index (κ3) is 2.54. The Morgan fingerprint density at radius 3 is 2.76 bits per heavy atom. The van der Waals surface area contributed by atoms with E-state index in [1.54, 1.807) is 24.3 Å². The first kappa shape index (κ1) is 11.8. The van der Waals surface area contributed by atoms with E-state index in [1.807, 2.05) is 0 Å². The van der Waals surface area contributed by atoms with E-state index in [1.165, 1.54) is 7.11 Å².